The number of hydrogen-bond donors (Lipinski definition) is 0. The molecular formula is C15H15N3. The van der Waals surface area contributed by atoms with Crippen LogP contribution in [-0.4, -0.2) is 10.2 Å². The molecule has 1 aromatic carbocycles. The second-order valence-electron chi connectivity index (χ2n) is 4.43. The molecule has 1 unspecified atom stereocenters. The molecule has 0 bridgehead atoms. The van der Waals surface area contributed by atoms with Gasteiger partial charge in [-0.05, 0) is 55.2 Å². The van der Waals surface area contributed by atoms with Crippen molar-refractivity contribution in [2.45, 2.75) is 26.7 Å². The van der Waals surface area contributed by atoms with Crippen molar-refractivity contribution >= 4 is 0 Å². The lowest BCUT2D eigenvalue weighted by Gasteiger charge is -2.15. The molecule has 0 amide bonds. The smallest absolute Gasteiger partial charge is 0.115 e. The van der Waals surface area contributed by atoms with Crippen LogP contribution in [0.25, 0.3) is 0 Å². The Hall–Kier alpha value is -2.21. The van der Waals surface area contributed by atoms with E-state index < -0.39 is 0 Å². The van der Waals surface area contributed by atoms with E-state index >= 15 is 0 Å². The fourth-order valence-electron chi connectivity index (χ4n) is 2.05. The van der Waals surface area contributed by atoms with E-state index in [-0.39, 0.29) is 5.92 Å². The highest BCUT2D eigenvalue weighted by molar-refractivity contribution is 5.45. The van der Waals surface area contributed by atoms with Gasteiger partial charge in [0.1, 0.15) is 5.92 Å². The Morgan fingerprint density at radius 1 is 1.11 bits per heavy atom. The van der Waals surface area contributed by atoms with E-state index in [2.05, 4.69) is 43.1 Å². The highest BCUT2D eigenvalue weighted by Crippen LogP contribution is 2.27. The fraction of sp³-hybridized carbons (Fsp3) is 0.267. The molecule has 1 heterocycles. The van der Waals surface area contributed by atoms with Crippen LogP contribution in [0.15, 0.2) is 30.5 Å². The zero-order chi connectivity index (χ0) is 13.1. The summed E-state index contributed by atoms with van der Waals surface area (Å²) in [6, 6.07) is 10.0. The molecule has 1 atom stereocenters. The normalized spacial score (nSPS) is 11.9. The van der Waals surface area contributed by atoms with E-state index in [9.17, 15) is 5.26 Å². The fourth-order valence-corrected chi connectivity index (χ4v) is 2.05. The minimum absolute atomic E-state index is 0.349. The highest BCUT2D eigenvalue weighted by atomic mass is 15.1. The molecule has 0 N–H and O–H groups in total. The van der Waals surface area contributed by atoms with Gasteiger partial charge in [0.2, 0.25) is 0 Å². The van der Waals surface area contributed by atoms with Crippen LogP contribution in [0.3, 0.4) is 0 Å². The van der Waals surface area contributed by atoms with Crippen molar-refractivity contribution in [2.75, 3.05) is 0 Å². The summed E-state index contributed by atoms with van der Waals surface area (Å²) >= 11 is 0. The number of nitrogens with zero attached hydrogens (tertiary/aromatic N) is 3. The van der Waals surface area contributed by atoms with Gasteiger partial charge in [-0.3, -0.25) is 0 Å². The van der Waals surface area contributed by atoms with E-state index in [1.54, 1.807) is 6.20 Å². The van der Waals surface area contributed by atoms with Gasteiger partial charge in [0, 0.05) is 6.20 Å². The molecule has 1 aromatic heterocycles. The Morgan fingerprint density at radius 2 is 1.89 bits per heavy atom. The largest absolute Gasteiger partial charge is 0.197 e. The van der Waals surface area contributed by atoms with Gasteiger partial charge < -0.3 is 0 Å². The molecule has 0 saturated heterocycles. The van der Waals surface area contributed by atoms with Gasteiger partial charge >= 0.3 is 0 Å². The lowest BCUT2D eigenvalue weighted by molar-refractivity contribution is 0.876. The van der Waals surface area contributed by atoms with Crippen LogP contribution < -0.4 is 0 Å². The first kappa shape index (κ1) is 12.3. The lowest BCUT2D eigenvalue weighted by Crippen LogP contribution is -2.05. The van der Waals surface area contributed by atoms with E-state index in [4.69, 9.17) is 0 Å². The van der Waals surface area contributed by atoms with Crippen molar-refractivity contribution in [2.24, 2.45) is 0 Å². The number of aryl methyl sites for hydroxylation is 1. The van der Waals surface area contributed by atoms with Crippen molar-refractivity contribution in [1.82, 2.24) is 10.2 Å². The Labute approximate surface area is 107 Å². The van der Waals surface area contributed by atoms with Crippen LogP contribution in [-0.2, 0) is 0 Å². The molecule has 0 aliphatic carbocycles. The maximum atomic E-state index is 9.40. The average Bonchev–Trinajstić information content (AvgIpc) is 2.41. The van der Waals surface area contributed by atoms with E-state index in [0.29, 0.717) is 5.69 Å². The summed E-state index contributed by atoms with van der Waals surface area (Å²) in [5.74, 6) is -0.349. The minimum Gasteiger partial charge on any atom is -0.197 e. The number of aromatic nitrogens is 2. The molecule has 0 saturated carbocycles. The second-order valence-corrected chi connectivity index (χ2v) is 4.43. The van der Waals surface area contributed by atoms with Gasteiger partial charge in [-0.2, -0.15) is 15.5 Å². The first-order valence-corrected chi connectivity index (χ1v) is 5.89. The lowest BCUT2D eigenvalue weighted by atomic mass is 9.89. The van der Waals surface area contributed by atoms with E-state index in [0.717, 1.165) is 11.1 Å². The topological polar surface area (TPSA) is 49.6 Å². The van der Waals surface area contributed by atoms with Crippen molar-refractivity contribution in [1.29, 1.82) is 5.26 Å². The number of nitriles is 1. The van der Waals surface area contributed by atoms with Crippen LogP contribution in [0.4, 0.5) is 0 Å². The standard InChI is InChI=1S/C15H15N3/c1-10-6-7-13(12(3)11(10)2)14(9-16)15-5-4-8-17-18-15/h4-8,14H,1-3H3. The summed E-state index contributed by atoms with van der Waals surface area (Å²) in [6.07, 6.45) is 1.62. The summed E-state index contributed by atoms with van der Waals surface area (Å²) in [7, 11) is 0. The summed E-state index contributed by atoms with van der Waals surface area (Å²) < 4.78 is 0. The second kappa shape index (κ2) is 4.97. The van der Waals surface area contributed by atoms with Gasteiger partial charge in [-0.25, -0.2) is 0 Å². The number of hydrogen-bond acceptors (Lipinski definition) is 3. The Kier molecular flexibility index (Phi) is 3.38. The van der Waals surface area contributed by atoms with Gasteiger partial charge in [0.05, 0.1) is 11.8 Å². The SMILES string of the molecule is Cc1ccc(C(C#N)c2cccnn2)c(C)c1C. The summed E-state index contributed by atoms with van der Waals surface area (Å²) in [5, 5.41) is 17.3. The molecule has 2 rings (SSSR count). The Bertz CT molecular complexity index is 597. The van der Waals surface area contributed by atoms with Gasteiger partial charge in [0.25, 0.3) is 0 Å². The third-order valence-corrected chi connectivity index (χ3v) is 3.43. The summed E-state index contributed by atoms with van der Waals surface area (Å²) in [4.78, 5) is 0. The first-order valence-electron chi connectivity index (χ1n) is 5.89. The van der Waals surface area contributed by atoms with Crippen molar-refractivity contribution in [3.05, 3.63) is 58.4 Å². The molecule has 0 radical (unpaired) electrons. The monoisotopic (exact) mass is 237 g/mol. The average molecular weight is 237 g/mol. The minimum atomic E-state index is -0.349. The van der Waals surface area contributed by atoms with Crippen LogP contribution >= 0.6 is 0 Å². The zero-order valence-corrected chi connectivity index (χ0v) is 10.8. The maximum Gasteiger partial charge on any atom is 0.115 e. The molecule has 18 heavy (non-hydrogen) atoms. The van der Waals surface area contributed by atoms with Gasteiger partial charge in [-0.15, -0.1) is 0 Å². The molecule has 90 valence electrons. The molecule has 2 aromatic rings. The molecule has 0 aliphatic rings. The third-order valence-electron chi connectivity index (χ3n) is 3.43. The highest BCUT2D eigenvalue weighted by Gasteiger charge is 2.18. The molecule has 3 nitrogen and oxygen atoms in total. The van der Waals surface area contributed by atoms with E-state index in [1.807, 2.05) is 18.2 Å². The predicted octanol–water partition coefficient (Wildman–Crippen LogP) is 3.06. The van der Waals surface area contributed by atoms with E-state index in [1.165, 1.54) is 11.1 Å². The molecular weight excluding hydrogens is 222 g/mol. The molecule has 3 heteroatoms. The van der Waals surface area contributed by atoms with Gasteiger partial charge in [0.15, 0.2) is 0 Å². The summed E-state index contributed by atoms with van der Waals surface area (Å²) in [5.41, 5.74) is 5.35. The van der Waals surface area contributed by atoms with Crippen LogP contribution in [0, 0.1) is 32.1 Å². The van der Waals surface area contributed by atoms with Crippen LogP contribution in [0.1, 0.15) is 33.9 Å². The quantitative estimate of drug-likeness (QED) is 0.806. The van der Waals surface area contributed by atoms with Gasteiger partial charge in [-0.1, -0.05) is 12.1 Å². The molecule has 0 aliphatic heterocycles. The zero-order valence-electron chi connectivity index (χ0n) is 10.8. The number of benzene rings is 1. The molecule has 0 spiro atoms. The Balaban J connectivity index is 2.54. The van der Waals surface area contributed by atoms with Crippen molar-refractivity contribution in [3.63, 3.8) is 0 Å². The van der Waals surface area contributed by atoms with Crippen LogP contribution in [0.2, 0.25) is 0 Å². The van der Waals surface area contributed by atoms with Crippen molar-refractivity contribution < 1.29 is 0 Å². The Morgan fingerprint density at radius 3 is 2.50 bits per heavy atom. The number of rotatable bonds is 2. The summed E-state index contributed by atoms with van der Waals surface area (Å²) in [6.45, 7) is 6.22. The third kappa shape index (κ3) is 2.10. The molecule has 0 fully saturated rings. The maximum absolute atomic E-state index is 9.40. The predicted molar refractivity (Wildman–Crippen MR) is 70.1 cm³/mol. The first-order chi connectivity index (χ1) is 8.65. The van der Waals surface area contributed by atoms with Crippen LogP contribution in [0.5, 0.6) is 0 Å². The van der Waals surface area contributed by atoms with Crippen molar-refractivity contribution in [3.8, 4) is 6.07 Å².